The largest absolute Gasteiger partial charge is 0.478 e. The van der Waals surface area contributed by atoms with E-state index in [1.165, 1.54) is 18.9 Å². The van der Waals surface area contributed by atoms with Crippen molar-refractivity contribution in [1.29, 1.82) is 0 Å². The Morgan fingerprint density at radius 1 is 1.41 bits per heavy atom. The van der Waals surface area contributed by atoms with Gasteiger partial charge in [0.05, 0.1) is 16.3 Å². The SMILES string of the molecule is CN(c1cccc(C(=O)O)c1Cl)C1CCCC1. The molecule has 0 aliphatic heterocycles. The second kappa shape index (κ2) is 4.96. The average Bonchev–Trinajstić information content (AvgIpc) is 2.81. The molecule has 0 saturated heterocycles. The maximum atomic E-state index is 11.0. The second-order valence-electron chi connectivity index (χ2n) is 4.49. The molecular weight excluding hydrogens is 238 g/mol. The minimum atomic E-state index is -0.975. The van der Waals surface area contributed by atoms with E-state index in [-0.39, 0.29) is 5.56 Å². The predicted molar refractivity (Wildman–Crippen MR) is 69.1 cm³/mol. The second-order valence-corrected chi connectivity index (χ2v) is 4.87. The fourth-order valence-corrected chi connectivity index (χ4v) is 2.79. The highest BCUT2D eigenvalue weighted by atomic mass is 35.5. The third-order valence-electron chi connectivity index (χ3n) is 3.46. The number of carboxylic acids is 1. The average molecular weight is 254 g/mol. The van der Waals surface area contributed by atoms with E-state index in [0.29, 0.717) is 11.1 Å². The van der Waals surface area contributed by atoms with Crippen molar-refractivity contribution in [3.05, 3.63) is 28.8 Å². The molecule has 0 radical (unpaired) electrons. The maximum absolute atomic E-state index is 11.0. The lowest BCUT2D eigenvalue weighted by Crippen LogP contribution is -2.29. The number of benzene rings is 1. The van der Waals surface area contributed by atoms with E-state index in [2.05, 4.69) is 4.90 Å². The van der Waals surface area contributed by atoms with Crippen molar-refractivity contribution in [1.82, 2.24) is 0 Å². The summed E-state index contributed by atoms with van der Waals surface area (Å²) in [5.74, 6) is -0.975. The summed E-state index contributed by atoms with van der Waals surface area (Å²) < 4.78 is 0. The molecule has 0 unspecified atom stereocenters. The normalized spacial score (nSPS) is 16.1. The van der Waals surface area contributed by atoms with Crippen LogP contribution in [0.2, 0.25) is 5.02 Å². The Balaban J connectivity index is 2.31. The van der Waals surface area contributed by atoms with Gasteiger partial charge in [-0.2, -0.15) is 0 Å². The number of aromatic carboxylic acids is 1. The third kappa shape index (κ3) is 2.39. The summed E-state index contributed by atoms with van der Waals surface area (Å²) >= 11 is 6.15. The summed E-state index contributed by atoms with van der Waals surface area (Å²) in [7, 11) is 1.99. The Hall–Kier alpha value is -1.22. The van der Waals surface area contributed by atoms with Crippen LogP contribution in [-0.4, -0.2) is 24.2 Å². The van der Waals surface area contributed by atoms with E-state index in [1.54, 1.807) is 6.07 Å². The fourth-order valence-electron chi connectivity index (χ4n) is 2.45. The van der Waals surface area contributed by atoms with Gasteiger partial charge in [-0.15, -0.1) is 0 Å². The molecule has 2 rings (SSSR count). The Morgan fingerprint density at radius 2 is 2.06 bits per heavy atom. The smallest absolute Gasteiger partial charge is 0.337 e. The molecule has 0 aromatic heterocycles. The molecular formula is C13H16ClNO2. The molecule has 0 spiro atoms. The summed E-state index contributed by atoms with van der Waals surface area (Å²) in [4.78, 5) is 13.1. The van der Waals surface area contributed by atoms with Crippen LogP contribution in [0.5, 0.6) is 0 Å². The van der Waals surface area contributed by atoms with Crippen LogP contribution in [0, 0.1) is 0 Å². The van der Waals surface area contributed by atoms with Gasteiger partial charge in [-0.25, -0.2) is 4.79 Å². The van der Waals surface area contributed by atoms with Gasteiger partial charge in [-0.1, -0.05) is 30.5 Å². The highest BCUT2D eigenvalue weighted by Gasteiger charge is 2.23. The van der Waals surface area contributed by atoms with Gasteiger partial charge in [0.1, 0.15) is 0 Å². The number of nitrogens with zero attached hydrogens (tertiary/aromatic N) is 1. The minimum Gasteiger partial charge on any atom is -0.478 e. The van der Waals surface area contributed by atoms with Gasteiger partial charge in [-0.05, 0) is 25.0 Å². The van der Waals surface area contributed by atoms with Gasteiger partial charge >= 0.3 is 5.97 Å². The molecule has 1 aliphatic carbocycles. The number of hydrogen-bond acceptors (Lipinski definition) is 2. The lowest BCUT2D eigenvalue weighted by atomic mass is 10.1. The van der Waals surface area contributed by atoms with Gasteiger partial charge in [0.15, 0.2) is 0 Å². The molecule has 0 amide bonds. The van der Waals surface area contributed by atoms with Crippen LogP contribution in [-0.2, 0) is 0 Å². The zero-order valence-electron chi connectivity index (χ0n) is 9.82. The maximum Gasteiger partial charge on any atom is 0.337 e. The number of carbonyl (C=O) groups is 1. The zero-order chi connectivity index (χ0) is 12.4. The Labute approximate surface area is 106 Å². The van der Waals surface area contributed by atoms with E-state index < -0.39 is 5.97 Å². The molecule has 3 nitrogen and oxygen atoms in total. The summed E-state index contributed by atoms with van der Waals surface area (Å²) in [6.07, 6.45) is 4.80. The standard InChI is InChI=1S/C13H16ClNO2/c1-15(9-5-2-3-6-9)11-8-4-7-10(12(11)14)13(16)17/h4,7-9H,2-3,5-6H2,1H3,(H,16,17). The Kier molecular flexibility index (Phi) is 3.57. The summed E-state index contributed by atoms with van der Waals surface area (Å²) in [6, 6.07) is 5.65. The molecule has 0 atom stereocenters. The fraction of sp³-hybridized carbons (Fsp3) is 0.462. The molecule has 0 bridgehead atoms. The number of halogens is 1. The van der Waals surface area contributed by atoms with Crippen LogP contribution in [0.15, 0.2) is 18.2 Å². The summed E-state index contributed by atoms with van der Waals surface area (Å²) in [6.45, 7) is 0. The zero-order valence-corrected chi connectivity index (χ0v) is 10.6. The van der Waals surface area contributed by atoms with Crippen LogP contribution in [0.25, 0.3) is 0 Å². The van der Waals surface area contributed by atoms with Crippen LogP contribution in [0.1, 0.15) is 36.0 Å². The van der Waals surface area contributed by atoms with Crippen molar-refractivity contribution in [2.45, 2.75) is 31.7 Å². The minimum absolute atomic E-state index is 0.175. The molecule has 1 N–H and O–H groups in total. The molecule has 1 saturated carbocycles. The van der Waals surface area contributed by atoms with Crippen molar-refractivity contribution in [3.63, 3.8) is 0 Å². The lowest BCUT2D eigenvalue weighted by molar-refractivity contribution is 0.0697. The number of anilines is 1. The van der Waals surface area contributed by atoms with Gasteiger partial charge < -0.3 is 10.0 Å². The predicted octanol–water partition coefficient (Wildman–Crippen LogP) is 3.42. The summed E-state index contributed by atoms with van der Waals surface area (Å²) in [5.41, 5.74) is 0.993. The first-order valence-corrected chi connectivity index (χ1v) is 6.23. The monoisotopic (exact) mass is 253 g/mol. The van der Waals surface area contributed by atoms with E-state index >= 15 is 0 Å². The first-order chi connectivity index (χ1) is 8.11. The van der Waals surface area contributed by atoms with Crippen LogP contribution < -0.4 is 4.90 Å². The molecule has 1 aromatic carbocycles. The molecule has 1 aliphatic rings. The van der Waals surface area contributed by atoms with Crippen molar-refractivity contribution in [3.8, 4) is 0 Å². The van der Waals surface area contributed by atoms with Crippen molar-refractivity contribution < 1.29 is 9.90 Å². The lowest BCUT2D eigenvalue weighted by Gasteiger charge is -2.27. The number of carboxylic acid groups (broad SMARTS) is 1. The third-order valence-corrected chi connectivity index (χ3v) is 3.86. The van der Waals surface area contributed by atoms with E-state index in [1.807, 2.05) is 13.1 Å². The van der Waals surface area contributed by atoms with Crippen LogP contribution in [0.4, 0.5) is 5.69 Å². The van der Waals surface area contributed by atoms with E-state index in [0.717, 1.165) is 18.5 Å². The molecule has 1 aromatic rings. The number of hydrogen-bond donors (Lipinski definition) is 1. The highest BCUT2D eigenvalue weighted by Crippen LogP contribution is 2.33. The first kappa shape index (κ1) is 12.2. The molecule has 17 heavy (non-hydrogen) atoms. The van der Waals surface area contributed by atoms with Gasteiger partial charge in [0.25, 0.3) is 0 Å². The topological polar surface area (TPSA) is 40.5 Å². The number of rotatable bonds is 3. The van der Waals surface area contributed by atoms with Crippen molar-refractivity contribution >= 4 is 23.3 Å². The van der Waals surface area contributed by atoms with Crippen LogP contribution in [0.3, 0.4) is 0 Å². The molecule has 1 fully saturated rings. The molecule has 92 valence electrons. The first-order valence-electron chi connectivity index (χ1n) is 5.86. The van der Waals surface area contributed by atoms with E-state index in [4.69, 9.17) is 16.7 Å². The van der Waals surface area contributed by atoms with Gasteiger partial charge in [0.2, 0.25) is 0 Å². The van der Waals surface area contributed by atoms with Gasteiger partial charge in [0, 0.05) is 13.1 Å². The molecule has 0 heterocycles. The highest BCUT2D eigenvalue weighted by molar-refractivity contribution is 6.36. The van der Waals surface area contributed by atoms with Crippen LogP contribution >= 0.6 is 11.6 Å². The van der Waals surface area contributed by atoms with Gasteiger partial charge in [-0.3, -0.25) is 0 Å². The van der Waals surface area contributed by atoms with Crippen molar-refractivity contribution in [2.24, 2.45) is 0 Å². The van der Waals surface area contributed by atoms with Crippen molar-refractivity contribution in [2.75, 3.05) is 11.9 Å². The summed E-state index contributed by atoms with van der Waals surface area (Å²) in [5, 5.41) is 9.38. The van der Waals surface area contributed by atoms with E-state index in [9.17, 15) is 4.79 Å². The molecule has 4 heteroatoms. The quantitative estimate of drug-likeness (QED) is 0.897. The Morgan fingerprint density at radius 3 is 2.65 bits per heavy atom. The Bertz CT molecular complexity index is 427.